The van der Waals surface area contributed by atoms with E-state index in [4.69, 9.17) is 9.47 Å². The molecule has 0 saturated heterocycles. The Bertz CT molecular complexity index is 716. The van der Waals surface area contributed by atoms with Gasteiger partial charge in [0, 0.05) is 5.56 Å². The third kappa shape index (κ3) is 5.22. The second-order valence-corrected chi connectivity index (χ2v) is 6.02. The fourth-order valence-corrected chi connectivity index (χ4v) is 2.80. The Hall–Kier alpha value is -2.53. The number of anilines is 1. The summed E-state index contributed by atoms with van der Waals surface area (Å²) < 4.78 is 10.7. The molecule has 0 saturated carbocycles. The molecule has 1 unspecified atom stereocenters. The highest BCUT2D eigenvalue weighted by Gasteiger charge is 2.17. The van der Waals surface area contributed by atoms with Crippen molar-refractivity contribution in [1.82, 2.24) is 0 Å². The van der Waals surface area contributed by atoms with Crippen LogP contribution in [0.5, 0.6) is 11.5 Å². The molecule has 1 amide bonds. The van der Waals surface area contributed by atoms with Crippen LogP contribution >= 0.6 is 0 Å². The van der Waals surface area contributed by atoms with Gasteiger partial charge in [-0.25, -0.2) is 0 Å². The largest absolute Gasteiger partial charge is 0.496 e. The molecule has 2 N–H and O–H groups in total. The van der Waals surface area contributed by atoms with Gasteiger partial charge in [0.1, 0.15) is 18.0 Å². The molecule has 0 radical (unpaired) electrons. The molecule has 5 nitrogen and oxygen atoms in total. The second kappa shape index (κ2) is 9.08. The van der Waals surface area contributed by atoms with Crippen molar-refractivity contribution in [2.75, 3.05) is 32.6 Å². The van der Waals surface area contributed by atoms with E-state index in [-0.39, 0.29) is 5.91 Å². The van der Waals surface area contributed by atoms with E-state index < -0.39 is 0 Å². The molecule has 0 aliphatic heterocycles. The van der Waals surface area contributed by atoms with Crippen LogP contribution in [0.25, 0.3) is 0 Å². The summed E-state index contributed by atoms with van der Waals surface area (Å²) in [6.45, 7) is 6.10. The minimum Gasteiger partial charge on any atom is -0.496 e. The van der Waals surface area contributed by atoms with E-state index in [1.807, 2.05) is 36.4 Å². The number of para-hydroxylation sites is 2. The van der Waals surface area contributed by atoms with Gasteiger partial charge < -0.3 is 19.7 Å². The number of carbonyl (C=O) groups excluding carboxylic acids is 1. The lowest BCUT2D eigenvalue weighted by Gasteiger charge is -2.19. The number of carbonyl (C=O) groups is 1. The number of ether oxygens (including phenoxy) is 2. The van der Waals surface area contributed by atoms with Gasteiger partial charge in [-0.2, -0.15) is 0 Å². The van der Waals surface area contributed by atoms with Crippen LogP contribution in [0.3, 0.4) is 0 Å². The monoisotopic (exact) mass is 343 g/mol. The number of rotatable bonds is 8. The summed E-state index contributed by atoms with van der Waals surface area (Å²) in [4.78, 5) is 13.6. The van der Waals surface area contributed by atoms with Gasteiger partial charge >= 0.3 is 0 Å². The summed E-state index contributed by atoms with van der Waals surface area (Å²) in [5.74, 6) is 1.49. The number of methoxy groups -OCH3 is 2. The van der Waals surface area contributed by atoms with Crippen molar-refractivity contribution in [3.63, 3.8) is 0 Å². The number of hydrogen-bond donors (Lipinski definition) is 2. The van der Waals surface area contributed by atoms with Crippen molar-refractivity contribution in [2.45, 2.75) is 20.4 Å². The molecular weight excluding hydrogens is 316 g/mol. The van der Waals surface area contributed by atoms with Crippen molar-refractivity contribution >= 4 is 11.6 Å². The highest BCUT2D eigenvalue weighted by molar-refractivity contribution is 5.92. The minimum atomic E-state index is -0.0343. The first kappa shape index (κ1) is 18.8. The maximum atomic E-state index is 12.4. The van der Waals surface area contributed by atoms with E-state index in [0.717, 1.165) is 29.3 Å². The second-order valence-electron chi connectivity index (χ2n) is 6.02. The Morgan fingerprint density at radius 3 is 2.48 bits per heavy atom. The van der Waals surface area contributed by atoms with Crippen LogP contribution in [-0.2, 0) is 11.3 Å². The van der Waals surface area contributed by atoms with Crippen LogP contribution in [0.2, 0.25) is 0 Å². The summed E-state index contributed by atoms with van der Waals surface area (Å²) in [6, 6.07) is 13.5. The zero-order valence-electron chi connectivity index (χ0n) is 15.4. The molecule has 0 heterocycles. The first-order chi connectivity index (χ1) is 12.1. The van der Waals surface area contributed by atoms with Crippen LogP contribution in [-0.4, -0.2) is 33.2 Å². The summed E-state index contributed by atoms with van der Waals surface area (Å²) in [5, 5.41) is 2.94. The average Bonchev–Trinajstić information content (AvgIpc) is 2.61. The molecule has 2 aromatic carbocycles. The molecule has 2 aromatic rings. The Kier molecular flexibility index (Phi) is 6.83. The summed E-state index contributed by atoms with van der Waals surface area (Å²) in [6.07, 6.45) is 0. The van der Waals surface area contributed by atoms with Gasteiger partial charge in [-0.05, 0) is 38.1 Å². The van der Waals surface area contributed by atoms with Crippen LogP contribution in [0.15, 0.2) is 42.5 Å². The van der Waals surface area contributed by atoms with Crippen molar-refractivity contribution in [2.24, 2.45) is 0 Å². The van der Waals surface area contributed by atoms with Gasteiger partial charge in [0.15, 0.2) is 6.54 Å². The zero-order chi connectivity index (χ0) is 18.2. The minimum absolute atomic E-state index is 0.0343. The van der Waals surface area contributed by atoms with Crippen LogP contribution < -0.4 is 19.7 Å². The molecule has 0 spiro atoms. The zero-order valence-corrected chi connectivity index (χ0v) is 15.4. The number of amides is 1. The molecular formula is C20H27N2O3+. The van der Waals surface area contributed by atoms with Crippen molar-refractivity contribution in [1.29, 1.82) is 0 Å². The molecule has 25 heavy (non-hydrogen) atoms. The van der Waals surface area contributed by atoms with Gasteiger partial charge in [-0.15, -0.1) is 0 Å². The van der Waals surface area contributed by atoms with Crippen molar-refractivity contribution in [3.05, 3.63) is 53.6 Å². The molecule has 0 fully saturated rings. The van der Waals surface area contributed by atoms with E-state index in [1.165, 1.54) is 5.56 Å². The Labute approximate surface area is 149 Å². The van der Waals surface area contributed by atoms with E-state index >= 15 is 0 Å². The fraction of sp³-hybridized carbons (Fsp3) is 0.350. The topological polar surface area (TPSA) is 52.0 Å². The molecule has 5 heteroatoms. The highest BCUT2D eigenvalue weighted by atomic mass is 16.5. The SMILES string of the molecule is CC[NH+](CC(=O)Nc1ccccc1OC)Cc1cc(C)ccc1OC. The number of nitrogens with one attached hydrogen (secondary N) is 2. The quantitative estimate of drug-likeness (QED) is 0.771. The summed E-state index contributed by atoms with van der Waals surface area (Å²) in [7, 11) is 3.27. The van der Waals surface area contributed by atoms with Gasteiger partial charge in [0.05, 0.1) is 26.5 Å². The third-order valence-corrected chi connectivity index (χ3v) is 4.17. The lowest BCUT2D eigenvalue weighted by molar-refractivity contribution is -0.903. The van der Waals surface area contributed by atoms with Crippen LogP contribution in [0, 0.1) is 6.92 Å². The Morgan fingerprint density at radius 1 is 1.08 bits per heavy atom. The number of benzene rings is 2. The lowest BCUT2D eigenvalue weighted by Crippen LogP contribution is -3.11. The van der Waals surface area contributed by atoms with E-state index in [0.29, 0.717) is 18.0 Å². The smallest absolute Gasteiger partial charge is 0.279 e. The number of likely N-dealkylation sites (N-methyl/N-ethyl adjacent to an activating group) is 1. The van der Waals surface area contributed by atoms with Crippen molar-refractivity contribution in [3.8, 4) is 11.5 Å². The number of hydrogen-bond acceptors (Lipinski definition) is 3. The number of quaternary nitrogens is 1. The van der Waals surface area contributed by atoms with Gasteiger partial charge in [-0.1, -0.05) is 23.8 Å². The molecule has 1 atom stereocenters. The van der Waals surface area contributed by atoms with Crippen molar-refractivity contribution < 1.29 is 19.2 Å². The average molecular weight is 343 g/mol. The standard InChI is InChI=1S/C20H26N2O3/c1-5-22(13-16-12-15(2)10-11-18(16)24-3)14-20(23)21-17-8-6-7-9-19(17)25-4/h6-12H,5,13-14H2,1-4H3,(H,21,23)/p+1. The number of aryl methyl sites for hydroxylation is 1. The fourth-order valence-electron chi connectivity index (χ4n) is 2.80. The predicted molar refractivity (Wildman–Crippen MR) is 99.4 cm³/mol. The van der Waals surface area contributed by atoms with Crippen LogP contribution in [0.4, 0.5) is 5.69 Å². The molecule has 0 aliphatic rings. The maximum absolute atomic E-state index is 12.4. The van der Waals surface area contributed by atoms with E-state index in [1.54, 1.807) is 14.2 Å². The maximum Gasteiger partial charge on any atom is 0.279 e. The van der Waals surface area contributed by atoms with Crippen LogP contribution in [0.1, 0.15) is 18.1 Å². The molecule has 0 bridgehead atoms. The normalized spacial score (nSPS) is 11.7. The highest BCUT2D eigenvalue weighted by Crippen LogP contribution is 2.22. The predicted octanol–water partition coefficient (Wildman–Crippen LogP) is 2.06. The first-order valence-corrected chi connectivity index (χ1v) is 8.47. The molecule has 0 aromatic heterocycles. The Balaban J connectivity index is 2.04. The van der Waals surface area contributed by atoms with Gasteiger partial charge in [0.2, 0.25) is 0 Å². The Morgan fingerprint density at radius 2 is 1.80 bits per heavy atom. The summed E-state index contributed by atoms with van der Waals surface area (Å²) >= 11 is 0. The summed E-state index contributed by atoms with van der Waals surface area (Å²) in [5.41, 5.74) is 2.99. The van der Waals surface area contributed by atoms with E-state index in [9.17, 15) is 4.79 Å². The molecule has 0 aliphatic carbocycles. The van der Waals surface area contributed by atoms with Gasteiger partial charge in [-0.3, -0.25) is 4.79 Å². The van der Waals surface area contributed by atoms with E-state index in [2.05, 4.69) is 25.2 Å². The third-order valence-electron chi connectivity index (χ3n) is 4.17. The lowest BCUT2D eigenvalue weighted by atomic mass is 10.1. The van der Waals surface area contributed by atoms with Gasteiger partial charge in [0.25, 0.3) is 5.91 Å². The molecule has 2 rings (SSSR count). The first-order valence-electron chi connectivity index (χ1n) is 8.47. The molecule has 134 valence electrons.